The minimum Gasteiger partial charge on any atom is -0.489 e. The number of anilines is 1. The van der Waals surface area contributed by atoms with Crippen LogP contribution in [0.1, 0.15) is 16.1 Å². The number of hydrogen-bond acceptors (Lipinski definition) is 5. The monoisotopic (exact) mass is 408 g/mol. The summed E-state index contributed by atoms with van der Waals surface area (Å²) in [6.07, 6.45) is 1.37. The van der Waals surface area contributed by atoms with E-state index in [0.29, 0.717) is 24.3 Å². The molecular formula is C18H21FN4O4S. The Morgan fingerprint density at radius 2 is 2.14 bits per heavy atom. The van der Waals surface area contributed by atoms with Gasteiger partial charge in [-0.25, -0.2) is 17.5 Å². The summed E-state index contributed by atoms with van der Waals surface area (Å²) in [6, 6.07) is 3.96. The normalized spacial score (nSPS) is 23.1. The van der Waals surface area contributed by atoms with Gasteiger partial charge in [-0.05, 0) is 30.7 Å². The number of nitrogens with zero attached hydrogens (tertiary/aromatic N) is 1. The van der Waals surface area contributed by atoms with Crippen molar-refractivity contribution < 1.29 is 22.3 Å². The number of halogens is 1. The Morgan fingerprint density at radius 3 is 2.89 bits per heavy atom. The maximum atomic E-state index is 13.5. The first-order chi connectivity index (χ1) is 13.3. The molecule has 1 fully saturated rings. The van der Waals surface area contributed by atoms with Gasteiger partial charge in [-0.1, -0.05) is 0 Å². The smallest absolute Gasteiger partial charge is 0.276 e. The van der Waals surface area contributed by atoms with Crippen LogP contribution in [0.4, 0.5) is 10.1 Å². The summed E-state index contributed by atoms with van der Waals surface area (Å²) in [6.45, 7) is 3.04. The summed E-state index contributed by atoms with van der Waals surface area (Å²) < 4.78 is 49.0. The lowest BCUT2D eigenvalue weighted by Crippen LogP contribution is -2.43. The molecule has 1 aromatic heterocycles. The Hall–Kier alpha value is -2.43. The summed E-state index contributed by atoms with van der Waals surface area (Å²) in [4.78, 5) is 12.8. The number of aryl methyl sites for hydroxylation is 2. The molecule has 28 heavy (non-hydrogen) atoms. The molecule has 2 unspecified atom stereocenters. The van der Waals surface area contributed by atoms with E-state index in [0.717, 1.165) is 0 Å². The number of nitrogens with one attached hydrogen (secondary N) is 3. The predicted molar refractivity (Wildman–Crippen MR) is 100 cm³/mol. The molecule has 0 bridgehead atoms. The van der Waals surface area contributed by atoms with E-state index in [1.807, 2.05) is 0 Å². The molecule has 0 aliphatic carbocycles. The van der Waals surface area contributed by atoms with Crippen molar-refractivity contribution in [1.82, 2.24) is 14.6 Å². The van der Waals surface area contributed by atoms with Crippen molar-refractivity contribution >= 4 is 21.6 Å². The zero-order valence-electron chi connectivity index (χ0n) is 15.5. The average Bonchev–Trinajstić information content (AvgIpc) is 3.18. The van der Waals surface area contributed by atoms with Gasteiger partial charge in [0.15, 0.2) is 11.4 Å². The van der Waals surface area contributed by atoms with Crippen molar-refractivity contribution in [2.24, 2.45) is 13.0 Å². The Morgan fingerprint density at radius 1 is 1.36 bits per heavy atom. The summed E-state index contributed by atoms with van der Waals surface area (Å²) in [5, 5.41) is 5.82. The van der Waals surface area contributed by atoms with Gasteiger partial charge in [-0.2, -0.15) is 0 Å². The maximum absolute atomic E-state index is 13.5. The number of hydrogen-bond donors (Lipinski definition) is 3. The van der Waals surface area contributed by atoms with Crippen LogP contribution in [0.3, 0.4) is 0 Å². The van der Waals surface area contributed by atoms with Crippen LogP contribution >= 0.6 is 0 Å². The topological polar surface area (TPSA) is 101 Å². The first-order valence-electron chi connectivity index (χ1n) is 8.89. The average molecular weight is 408 g/mol. The standard InChI is InChI=1S/C18H21FN4O4S/c1-10-5-12(3-4-13(10)19)21-18(24)16-17-15(8-23(16)2)28(25,26)22-14-7-20-6-11(14)9-27-17/h3-5,8,11,14,20,22H,6-7,9H2,1-2H3,(H,21,24). The van der Waals surface area contributed by atoms with Gasteiger partial charge < -0.3 is 19.9 Å². The second kappa shape index (κ2) is 6.87. The number of aromatic nitrogens is 1. The second-order valence-corrected chi connectivity index (χ2v) is 8.84. The van der Waals surface area contributed by atoms with Crippen molar-refractivity contribution in [1.29, 1.82) is 0 Å². The predicted octanol–water partition coefficient (Wildman–Crippen LogP) is 0.984. The van der Waals surface area contributed by atoms with Crippen LogP contribution < -0.4 is 20.1 Å². The van der Waals surface area contributed by atoms with Gasteiger partial charge in [0.2, 0.25) is 10.0 Å². The van der Waals surface area contributed by atoms with Crippen LogP contribution in [0.15, 0.2) is 29.3 Å². The molecule has 2 aromatic rings. The van der Waals surface area contributed by atoms with Crippen LogP contribution in [0.25, 0.3) is 0 Å². The number of fused-ring (bicyclic) bond motifs is 2. The summed E-state index contributed by atoms with van der Waals surface area (Å²) in [5.74, 6) is -0.913. The molecule has 0 spiro atoms. The van der Waals surface area contributed by atoms with Crippen LogP contribution in [0.2, 0.25) is 0 Å². The first kappa shape index (κ1) is 18.9. The lowest BCUT2D eigenvalue weighted by atomic mass is 10.1. The zero-order chi connectivity index (χ0) is 20.1. The highest BCUT2D eigenvalue weighted by molar-refractivity contribution is 7.89. The Balaban J connectivity index is 1.70. The molecule has 1 aromatic carbocycles. The minimum atomic E-state index is -3.84. The molecule has 3 heterocycles. The largest absolute Gasteiger partial charge is 0.489 e. The van der Waals surface area contributed by atoms with E-state index in [-0.39, 0.29) is 40.7 Å². The van der Waals surface area contributed by atoms with Gasteiger partial charge in [-0.15, -0.1) is 0 Å². The van der Waals surface area contributed by atoms with Crippen molar-refractivity contribution in [3.05, 3.63) is 41.5 Å². The van der Waals surface area contributed by atoms with Gasteiger partial charge in [-0.3, -0.25) is 4.79 Å². The Labute approximate surface area is 162 Å². The van der Waals surface area contributed by atoms with E-state index >= 15 is 0 Å². The summed E-state index contributed by atoms with van der Waals surface area (Å²) in [7, 11) is -2.26. The van der Waals surface area contributed by atoms with Crippen LogP contribution in [0, 0.1) is 18.7 Å². The van der Waals surface area contributed by atoms with Gasteiger partial charge >= 0.3 is 0 Å². The number of sulfonamides is 1. The number of amides is 1. The number of carbonyl (C=O) groups excluding carboxylic acids is 1. The van der Waals surface area contributed by atoms with Crippen LogP contribution in [-0.2, 0) is 17.1 Å². The number of carbonyl (C=O) groups is 1. The molecule has 10 heteroatoms. The van der Waals surface area contributed by atoms with Gasteiger partial charge in [0.05, 0.1) is 6.61 Å². The quantitative estimate of drug-likeness (QED) is 0.688. The Kier molecular flexibility index (Phi) is 4.64. The minimum absolute atomic E-state index is 0.0247. The van der Waals surface area contributed by atoms with E-state index in [2.05, 4.69) is 15.4 Å². The molecule has 2 atom stereocenters. The lowest BCUT2D eigenvalue weighted by Gasteiger charge is -2.24. The molecule has 0 radical (unpaired) electrons. The first-order valence-corrected chi connectivity index (χ1v) is 10.4. The maximum Gasteiger partial charge on any atom is 0.276 e. The van der Waals surface area contributed by atoms with Crippen molar-refractivity contribution in [2.45, 2.75) is 17.9 Å². The molecule has 1 saturated heterocycles. The third-order valence-corrected chi connectivity index (χ3v) is 6.59. The molecule has 2 aliphatic heterocycles. The molecule has 8 nitrogen and oxygen atoms in total. The fraction of sp³-hybridized carbons (Fsp3) is 0.389. The van der Waals surface area contributed by atoms with E-state index < -0.39 is 15.9 Å². The highest BCUT2D eigenvalue weighted by Gasteiger charge is 2.38. The second-order valence-electron chi connectivity index (χ2n) is 7.16. The van der Waals surface area contributed by atoms with Crippen molar-refractivity contribution in [2.75, 3.05) is 25.0 Å². The van der Waals surface area contributed by atoms with E-state index in [9.17, 15) is 17.6 Å². The van der Waals surface area contributed by atoms with Crippen molar-refractivity contribution in [3.63, 3.8) is 0 Å². The van der Waals surface area contributed by atoms with Gasteiger partial charge in [0.1, 0.15) is 10.7 Å². The van der Waals surface area contributed by atoms with E-state index in [4.69, 9.17) is 4.74 Å². The molecular weight excluding hydrogens is 387 g/mol. The molecule has 3 N–H and O–H groups in total. The number of benzene rings is 1. The summed E-state index contributed by atoms with van der Waals surface area (Å²) in [5.41, 5.74) is 0.889. The van der Waals surface area contributed by atoms with E-state index in [1.165, 1.54) is 29.0 Å². The fourth-order valence-corrected chi connectivity index (χ4v) is 5.08. The Bertz CT molecular complexity index is 1050. The number of rotatable bonds is 2. The fourth-order valence-electron chi connectivity index (χ4n) is 3.58. The third kappa shape index (κ3) is 3.27. The van der Waals surface area contributed by atoms with E-state index in [1.54, 1.807) is 14.0 Å². The van der Waals surface area contributed by atoms with Gasteiger partial charge in [0.25, 0.3) is 5.91 Å². The molecule has 2 aliphatic rings. The SMILES string of the molecule is Cc1cc(NC(=O)c2c3c(cn2C)S(=O)(=O)NC2CNCC2CO3)ccc1F. The van der Waals surface area contributed by atoms with Gasteiger partial charge in [0, 0.05) is 44.0 Å². The molecule has 0 saturated carbocycles. The molecule has 4 rings (SSSR count). The van der Waals surface area contributed by atoms with Crippen LogP contribution in [0.5, 0.6) is 5.75 Å². The number of ether oxygens (including phenoxy) is 1. The zero-order valence-corrected chi connectivity index (χ0v) is 16.3. The third-order valence-electron chi connectivity index (χ3n) is 5.11. The molecule has 150 valence electrons. The summed E-state index contributed by atoms with van der Waals surface area (Å²) >= 11 is 0. The lowest BCUT2D eigenvalue weighted by molar-refractivity contribution is 0.101. The van der Waals surface area contributed by atoms with Crippen molar-refractivity contribution in [3.8, 4) is 5.75 Å². The highest BCUT2D eigenvalue weighted by Crippen LogP contribution is 2.33. The highest BCUT2D eigenvalue weighted by atomic mass is 32.2. The molecule has 1 amide bonds. The van der Waals surface area contributed by atoms with Crippen LogP contribution in [-0.4, -0.2) is 44.6 Å².